The predicted octanol–water partition coefficient (Wildman–Crippen LogP) is 8.95. The Hall–Kier alpha value is -5.56. The zero-order chi connectivity index (χ0) is 49.9. The molecule has 1 spiro atoms. The maximum Gasteiger partial charge on any atom is 0.268 e. The van der Waals surface area contributed by atoms with Crippen LogP contribution in [0.15, 0.2) is 93.5 Å². The van der Waals surface area contributed by atoms with E-state index in [1.165, 1.54) is 42.6 Å². The number of rotatable bonds is 14. The molecule has 2 unspecified atom stereocenters. The number of aliphatic imine (C=N–C) groups is 1. The second kappa shape index (κ2) is 19.1. The number of nitrogens with zero attached hydrogens (tertiary/aromatic N) is 6. The quantitative estimate of drug-likeness (QED) is 0.0888. The molecule has 4 aromatic rings. The van der Waals surface area contributed by atoms with Crippen molar-refractivity contribution in [2.45, 2.75) is 122 Å². The molecule has 2 aromatic carbocycles. The number of ether oxygens (including phenoxy) is 1. The number of aromatic nitrogens is 2. The summed E-state index contributed by atoms with van der Waals surface area (Å²) in [5, 5.41) is 10.0. The number of sulfonamides is 1. The molecule has 3 atom stereocenters. The number of pyridine rings is 1. The molecule has 10 rings (SSSR count). The number of allylic oxidation sites excluding steroid dienone is 1. The number of piperidine rings is 2. The maximum absolute atomic E-state index is 16.6. The highest BCUT2D eigenvalue weighted by Gasteiger charge is 2.50. The molecule has 3 saturated heterocycles. The van der Waals surface area contributed by atoms with E-state index in [2.05, 4.69) is 104 Å². The Labute approximate surface area is 415 Å². The summed E-state index contributed by atoms with van der Waals surface area (Å²) in [7, 11) is -4.78. The first kappa shape index (κ1) is 49.0. The summed E-state index contributed by atoms with van der Waals surface area (Å²) in [6, 6.07) is 14.0. The van der Waals surface area contributed by atoms with Crippen LogP contribution in [-0.4, -0.2) is 110 Å². The number of amides is 1. The minimum atomic E-state index is -4.78. The third-order valence-corrected chi connectivity index (χ3v) is 17.1. The summed E-state index contributed by atoms with van der Waals surface area (Å²) in [5.41, 5.74) is 1.85. The highest BCUT2D eigenvalue weighted by molar-refractivity contribution is 7.94. The maximum atomic E-state index is 16.6. The van der Waals surface area contributed by atoms with E-state index in [4.69, 9.17) is 4.74 Å². The number of carbonyl (C=O) groups is 1. The number of hydrogen-bond acceptors (Lipinski definition) is 13. The predicted molar refractivity (Wildman–Crippen MR) is 272 cm³/mol. The molecule has 6 heterocycles. The number of aromatic amines is 1. The zero-order valence-electron chi connectivity index (χ0n) is 41.3. The van der Waals surface area contributed by atoms with Crippen LogP contribution < -0.4 is 25.0 Å². The molecule has 1 amide bonds. The van der Waals surface area contributed by atoms with Gasteiger partial charge in [-0.3, -0.25) is 9.69 Å². The average Bonchev–Trinajstić information content (AvgIpc) is 4.13. The molecule has 0 bridgehead atoms. The molecule has 4 N–H and O–H groups in total. The van der Waals surface area contributed by atoms with Crippen molar-refractivity contribution in [3.8, 4) is 11.5 Å². The number of carbonyl (C=O) groups excluding carboxylic acids is 1. The van der Waals surface area contributed by atoms with Gasteiger partial charge < -0.3 is 30.2 Å². The van der Waals surface area contributed by atoms with Gasteiger partial charge in [-0.25, -0.2) is 31.9 Å². The van der Waals surface area contributed by atoms with Gasteiger partial charge in [0.2, 0.25) is 0 Å². The van der Waals surface area contributed by atoms with Gasteiger partial charge in [0.15, 0.2) is 0 Å². The molecule has 15 nitrogen and oxygen atoms in total. The normalized spacial score (nSPS) is 23.7. The van der Waals surface area contributed by atoms with Gasteiger partial charge in [0.1, 0.15) is 39.2 Å². The molecular formula is C53H66F2N10O5S. The van der Waals surface area contributed by atoms with Gasteiger partial charge in [-0.05, 0) is 115 Å². The van der Waals surface area contributed by atoms with E-state index in [1.807, 2.05) is 11.0 Å². The summed E-state index contributed by atoms with van der Waals surface area (Å²) in [5.74, 6) is -1.24. The Morgan fingerprint density at radius 2 is 1.79 bits per heavy atom. The van der Waals surface area contributed by atoms with E-state index in [9.17, 15) is 18.1 Å². The van der Waals surface area contributed by atoms with Gasteiger partial charge in [0.25, 0.3) is 15.9 Å². The van der Waals surface area contributed by atoms with Crippen molar-refractivity contribution in [1.29, 1.82) is 0 Å². The van der Waals surface area contributed by atoms with Crippen LogP contribution in [0.5, 0.6) is 11.5 Å². The monoisotopic (exact) mass is 992 g/mol. The van der Waals surface area contributed by atoms with Gasteiger partial charge in [-0.15, -0.1) is 4.91 Å². The van der Waals surface area contributed by atoms with Gasteiger partial charge in [-0.2, -0.15) is 0 Å². The van der Waals surface area contributed by atoms with E-state index in [1.54, 1.807) is 12.3 Å². The number of benzene rings is 2. The molecule has 71 heavy (non-hydrogen) atoms. The van der Waals surface area contributed by atoms with Crippen LogP contribution in [0.25, 0.3) is 11.0 Å². The van der Waals surface area contributed by atoms with Crippen molar-refractivity contribution >= 4 is 39.0 Å². The number of nitrogens with one attached hydrogen (secondary N) is 4. The summed E-state index contributed by atoms with van der Waals surface area (Å²) >= 11 is 0. The number of H-pyrrole nitrogens is 1. The zero-order valence-corrected chi connectivity index (χ0v) is 42.1. The molecule has 1 saturated carbocycles. The molecular weight excluding hydrogens is 927 g/mol. The van der Waals surface area contributed by atoms with E-state index < -0.39 is 44.4 Å². The van der Waals surface area contributed by atoms with Crippen molar-refractivity contribution in [1.82, 2.24) is 35.1 Å². The number of nitroso groups, excluding NO2 is 1. The van der Waals surface area contributed by atoms with Crippen LogP contribution in [0, 0.1) is 21.6 Å². The molecule has 2 aliphatic carbocycles. The number of likely N-dealkylation sites (tertiary alicyclic amines) is 2. The minimum Gasteiger partial charge on any atom is -0.455 e. The Morgan fingerprint density at radius 3 is 2.52 bits per heavy atom. The molecule has 4 fully saturated rings. The van der Waals surface area contributed by atoms with Crippen LogP contribution in [0.2, 0.25) is 0 Å². The molecule has 0 radical (unpaired) electrons. The smallest absolute Gasteiger partial charge is 0.268 e. The second-order valence-electron chi connectivity index (χ2n) is 22.3. The number of hydrogen-bond donors (Lipinski definition) is 4. The van der Waals surface area contributed by atoms with E-state index in [0.29, 0.717) is 49.8 Å². The van der Waals surface area contributed by atoms with E-state index in [-0.39, 0.29) is 64.4 Å². The van der Waals surface area contributed by atoms with Gasteiger partial charge >= 0.3 is 0 Å². The number of halogens is 2. The van der Waals surface area contributed by atoms with E-state index >= 15 is 8.78 Å². The summed E-state index contributed by atoms with van der Waals surface area (Å²) < 4.78 is 69.7. The third kappa shape index (κ3) is 10.0. The lowest BCUT2D eigenvalue weighted by Gasteiger charge is -2.56. The standard InChI is InChI=1S/C53H66F2N10O5S/c1-33(2)37-9-6-7-10-38(37)42-11-8-18-65(42)35-27-52(28-35)13-21-64(22-14-52)43-26-44(70-36-23-34-12-17-56-49(34)57-29-36)39(24-40(43)54)50(66)62-71(68,69)45-25-41(61-67)46(48-47(45)59-32-60-48)58-30-53(55)15-19-63(20-16-53)31-51(3,4)5/h6-7,9-10,12,17,23-26,29,32-33,35,42,46,48,58H,8,11,13-16,18-22,27-28,30-31H2,1-5H3,(H,56,57)(H,59,60)(H,62,66)/t42-,46?,48?/m0/s1. The molecule has 18 heteroatoms. The van der Waals surface area contributed by atoms with Crippen LogP contribution in [-0.2, 0) is 10.0 Å². The largest absolute Gasteiger partial charge is 0.455 e. The number of fused-ring (bicyclic) bond motifs is 2. The lowest BCUT2D eigenvalue weighted by molar-refractivity contribution is -0.0228. The molecule has 4 aliphatic heterocycles. The molecule has 378 valence electrons. The number of anilines is 1. The van der Waals surface area contributed by atoms with Crippen molar-refractivity contribution in [3.63, 3.8) is 0 Å². The van der Waals surface area contributed by atoms with Crippen molar-refractivity contribution in [3.05, 3.63) is 111 Å². The van der Waals surface area contributed by atoms with Crippen LogP contribution in [0.4, 0.5) is 14.5 Å². The van der Waals surface area contributed by atoms with Crippen LogP contribution in [0.1, 0.15) is 119 Å². The summed E-state index contributed by atoms with van der Waals surface area (Å²) in [4.78, 5) is 44.9. The molecule has 6 aliphatic rings. The fourth-order valence-electron chi connectivity index (χ4n) is 12.1. The Bertz CT molecular complexity index is 2890. The van der Waals surface area contributed by atoms with Crippen molar-refractivity contribution in [2.75, 3.05) is 50.7 Å². The Balaban J connectivity index is 0.850. The first-order chi connectivity index (χ1) is 33.9. The second-order valence-corrected chi connectivity index (χ2v) is 24.0. The van der Waals surface area contributed by atoms with Gasteiger partial charge in [0.05, 0.1) is 41.6 Å². The fourth-order valence-corrected chi connectivity index (χ4v) is 13.3. The van der Waals surface area contributed by atoms with Crippen molar-refractivity contribution < 1.29 is 26.7 Å². The highest BCUT2D eigenvalue weighted by atomic mass is 32.2. The van der Waals surface area contributed by atoms with Gasteiger partial charge in [0, 0.05) is 69.0 Å². The molecule has 2 aromatic heterocycles. The highest BCUT2D eigenvalue weighted by Crippen LogP contribution is 2.54. The first-order valence-corrected chi connectivity index (χ1v) is 26.7. The summed E-state index contributed by atoms with van der Waals surface area (Å²) in [6.45, 7) is 15.2. The van der Waals surface area contributed by atoms with Crippen molar-refractivity contribution in [2.24, 2.45) is 21.0 Å². The average molecular weight is 993 g/mol. The fraction of sp³-hybridized carbons (Fsp3) is 0.528. The summed E-state index contributed by atoms with van der Waals surface area (Å²) in [6.07, 6.45) is 12.5. The van der Waals surface area contributed by atoms with Crippen LogP contribution >= 0.6 is 0 Å². The van der Waals surface area contributed by atoms with Crippen LogP contribution in [0.3, 0.4) is 0 Å². The lowest BCUT2D eigenvalue weighted by Crippen LogP contribution is -2.55. The number of alkyl halides is 1. The Morgan fingerprint density at radius 1 is 1.03 bits per heavy atom. The Kier molecular flexibility index (Phi) is 13.2. The lowest BCUT2D eigenvalue weighted by atomic mass is 9.59. The SMILES string of the molecule is CC(C)c1ccccc1[C@@H]1CCCN1C1CC2(CCN(c3cc(Oc4cnc5[nH]ccc5c4)c(C(=O)NS(=O)(=O)C4=C5N=CNC5C(NCC5(F)CCN(CC(C)(C)C)CC5)C(N=O)=C4)cc3F)CC2)C1. The third-order valence-electron chi connectivity index (χ3n) is 15.8. The van der Waals surface area contributed by atoms with Gasteiger partial charge in [-0.1, -0.05) is 58.9 Å². The topological polar surface area (TPSA) is 177 Å². The van der Waals surface area contributed by atoms with E-state index in [0.717, 1.165) is 56.3 Å². The first-order valence-electron chi connectivity index (χ1n) is 25.2. The minimum absolute atomic E-state index is 0.00402.